The van der Waals surface area contributed by atoms with Gasteiger partial charge in [0.1, 0.15) is 5.25 Å². The van der Waals surface area contributed by atoms with Crippen LogP contribution in [-0.4, -0.2) is 28.8 Å². The van der Waals surface area contributed by atoms with Crippen LogP contribution in [0, 0.1) is 0 Å². The fourth-order valence-electron chi connectivity index (χ4n) is 2.64. The summed E-state index contributed by atoms with van der Waals surface area (Å²) in [5.74, 6) is -0.479. The quantitative estimate of drug-likeness (QED) is 0.336. The Balaban J connectivity index is 1.75. The molecule has 1 fully saturated rings. The van der Waals surface area contributed by atoms with Crippen LogP contribution in [0.3, 0.4) is 0 Å². The molecule has 0 unspecified atom stereocenters. The molecule has 1 aliphatic rings. The molecule has 1 aliphatic heterocycles. The van der Waals surface area contributed by atoms with E-state index in [1.165, 1.54) is 16.7 Å². The van der Waals surface area contributed by atoms with Crippen LogP contribution in [0.5, 0.6) is 0 Å². The number of aliphatic imine (C=N–C) groups is 1. The third-order valence-electron chi connectivity index (χ3n) is 3.92. The molecule has 0 aromatic heterocycles. The van der Waals surface area contributed by atoms with E-state index in [0.29, 0.717) is 33.1 Å². The number of imide groups is 1. The summed E-state index contributed by atoms with van der Waals surface area (Å²) < 4.78 is 0.879. The molecule has 2 aromatic rings. The molecule has 0 spiro atoms. The summed E-state index contributed by atoms with van der Waals surface area (Å²) in [4.78, 5) is 30.9. The topological polar surface area (TPSA) is 61.8 Å². The molecule has 0 radical (unpaired) electrons. The molecule has 5 nitrogen and oxygen atoms in total. The normalized spacial score (nSPS) is 17.4. The van der Waals surface area contributed by atoms with Gasteiger partial charge in [-0.3, -0.25) is 14.6 Å². The third-order valence-corrected chi connectivity index (χ3v) is 6.29. The fraction of sp³-hybridized carbons (Fsp3) is 0.211. The Morgan fingerprint density at radius 1 is 1.21 bits per heavy atom. The molecule has 1 atom stereocenters. The van der Waals surface area contributed by atoms with E-state index in [9.17, 15) is 9.59 Å². The Labute approximate surface area is 185 Å². The average molecular weight is 501 g/mol. The molecule has 2 amide bonds. The highest BCUT2D eigenvalue weighted by atomic mass is 79.9. The minimum Gasteiger partial charge on any atom is -0.335 e. The van der Waals surface area contributed by atoms with E-state index in [1.54, 1.807) is 42.5 Å². The van der Waals surface area contributed by atoms with Crippen LogP contribution in [0.2, 0.25) is 10.0 Å². The lowest BCUT2D eigenvalue weighted by molar-refractivity contribution is -0.121. The van der Waals surface area contributed by atoms with Gasteiger partial charge in [0.2, 0.25) is 11.8 Å². The average Bonchev–Trinajstić information content (AvgIpc) is 2.93. The van der Waals surface area contributed by atoms with E-state index < -0.39 is 5.25 Å². The SMILES string of the molecule is CCN=C(Nc1ccc(Cl)c(Cl)c1)S[C@@H]1CC(=O)N(c2ccc(Br)cc2)C1=O. The van der Waals surface area contributed by atoms with Gasteiger partial charge in [0.05, 0.1) is 15.7 Å². The number of halogens is 3. The van der Waals surface area contributed by atoms with Gasteiger partial charge < -0.3 is 5.32 Å². The molecule has 0 saturated carbocycles. The molecular weight excluding hydrogens is 485 g/mol. The zero-order valence-electron chi connectivity index (χ0n) is 14.8. The van der Waals surface area contributed by atoms with Crippen molar-refractivity contribution in [1.29, 1.82) is 0 Å². The van der Waals surface area contributed by atoms with Crippen molar-refractivity contribution >= 4 is 79.3 Å². The maximum Gasteiger partial charge on any atom is 0.247 e. The highest BCUT2D eigenvalue weighted by Gasteiger charge is 2.40. The molecule has 2 aromatic carbocycles. The molecule has 0 bridgehead atoms. The number of thioether (sulfide) groups is 1. The first-order valence-electron chi connectivity index (χ1n) is 8.44. The number of amidine groups is 1. The van der Waals surface area contributed by atoms with E-state index in [0.717, 1.165) is 4.47 Å². The second-order valence-corrected chi connectivity index (χ2v) is 8.81. The Morgan fingerprint density at radius 3 is 2.57 bits per heavy atom. The molecule has 1 N–H and O–H groups in total. The number of hydrogen-bond acceptors (Lipinski definition) is 4. The summed E-state index contributed by atoms with van der Waals surface area (Å²) in [5.41, 5.74) is 1.27. The van der Waals surface area contributed by atoms with Crippen LogP contribution < -0.4 is 10.2 Å². The van der Waals surface area contributed by atoms with Crippen molar-refractivity contribution in [3.05, 3.63) is 57.0 Å². The first kappa shape index (κ1) is 21.2. The van der Waals surface area contributed by atoms with Gasteiger partial charge in [-0.15, -0.1) is 0 Å². The molecule has 146 valence electrons. The molecule has 28 heavy (non-hydrogen) atoms. The summed E-state index contributed by atoms with van der Waals surface area (Å²) in [6.45, 7) is 2.43. The monoisotopic (exact) mass is 499 g/mol. The Morgan fingerprint density at radius 2 is 1.93 bits per heavy atom. The Hall–Kier alpha value is -1.54. The maximum atomic E-state index is 12.8. The molecule has 0 aliphatic carbocycles. The molecule has 9 heteroatoms. The van der Waals surface area contributed by atoms with Crippen molar-refractivity contribution in [2.24, 2.45) is 4.99 Å². The number of carbonyl (C=O) groups excluding carboxylic acids is 2. The van der Waals surface area contributed by atoms with Crippen molar-refractivity contribution in [3.8, 4) is 0 Å². The van der Waals surface area contributed by atoms with Gasteiger partial charge in [-0.25, -0.2) is 4.90 Å². The first-order valence-corrected chi connectivity index (χ1v) is 10.9. The first-order chi connectivity index (χ1) is 13.4. The van der Waals surface area contributed by atoms with E-state index in [4.69, 9.17) is 23.2 Å². The standard InChI is InChI=1S/C19H16BrCl2N3O2S/c1-2-23-19(24-12-5-8-14(21)15(22)9-12)28-16-10-17(26)25(18(16)27)13-6-3-11(20)4-7-13/h3-9,16H,2,10H2,1H3,(H,23,24)/t16-/m1/s1. The fourth-order valence-corrected chi connectivity index (χ4v) is 4.28. The number of benzene rings is 2. The minimum atomic E-state index is -0.545. The highest BCUT2D eigenvalue weighted by molar-refractivity contribution is 9.10. The predicted octanol–water partition coefficient (Wildman–Crippen LogP) is 5.61. The van der Waals surface area contributed by atoms with Crippen LogP contribution in [-0.2, 0) is 9.59 Å². The minimum absolute atomic E-state index is 0.116. The van der Waals surface area contributed by atoms with E-state index in [2.05, 4.69) is 26.2 Å². The third kappa shape index (κ3) is 4.89. The summed E-state index contributed by atoms with van der Waals surface area (Å²) >= 11 is 16.6. The number of hydrogen-bond donors (Lipinski definition) is 1. The molecule has 3 rings (SSSR count). The van der Waals surface area contributed by atoms with E-state index in [-0.39, 0.29) is 18.2 Å². The Bertz CT molecular complexity index is 937. The van der Waals surface area contributed by atoms with Crippen LogP contribution in [0.1, 0.15) is 13.3 Å². The van der Waals surface area contributed by atoms with Crippen molar-refractivity contribution in [2.45, 2.75) is 18.6 Å². The molecular formula is C19H16BrCl2N3O2S. The van der Waals surface area contributed by atoms with Crippen LogP contribution in [0.15, 0.2) is 51.9 Å². The maximum absolute atomic E-state index is 12.8. The summed E-state index contributed by atoms with van der Waals surface area (Å²) in [6, 6.07) is 12.2. The van der Waals surface area contributed by atoms with Gasteiger partial charge in [-0.2, -0.15) is 0 Å². The van der Waals surface area contributed by atoms with Crippen molar-refractivity contribution < 1.29 is 9.59 Å². The van der Waals surface area contributed by atoms with Crippen molar-refractivity contribution in [1.82, 2.24) is 0 Å². The number of nitrogens with one attached hydrogen (secondary N) is 1. The van der Waals surface area contributed by atoms with Gasteiger partial charge in [0.15, 0.2) is 5.17 Å². The highest BCUT2D eigenvalue weighted by Crippen LogP contribution is 2.32. The van der Waals surface area contributed by atoms with E-state index in [1.807, 2.05) is 6.92 Å². The summed E-state index contributed by atoms with van der Waals surface area (Å²) in [7, 11) is 0. The zero-order valence-corrected chi connectivity index (χ0v) is 18.7. The van der Waals surface area contributed by atoms with Crippen molar-refractivity contribution in [2.75, 3.05) is 16.8 Å². The number of amides is 2. The zero-order chi connectivity index (χ0) is 20.3. The van der Waals surface area contributed by atoms with Crippen LogP contribution in [0.25, 0.3) is 0 Å². The van der Waals surface area contributed by atoms with Gasteiger partial charge >= 0.3 is 0 Å². The molecule has 1 saturated heterocycles. The lowest BCUT2D eigenvalue weighted by Crippen LogP contribution is -2.31. The van der Waals surface area contributed by atoms with Gasteiger partial charge in [-0.1, -0.05) is 50.9 Å². The lowest BCUT2D eigenvalue weighted by Gasteiger charge is -2.16. The largest absolute Gasteiger partial charge is 0.335 e. The van der Waals surface area contributed by atoms with Crippen LogP contribution >= 0.6 is 50.9 Å². The lowest BCUT2D eigenvalue weighted by atomic mass is 10.3. The number of carbonyl (C=O) groups is 2. The van der Waals surface area contributed by atoms with Gasteiger partial charge in [0, 0.05) is 23.1 Å². The number of rotatable bonds is 4. The number of anilines is 2. The van der Waals surface area contributed by atoms with Gasteiger partial charge in [-0.05, 0) is 49.4 Å². The van der Waals surface area contributed by atoms with Crippen LogP contribution in [0.4, 0.5) is 11.4 Å². The Kier molecular flexibility index (Phi) is 7.04. The second kappa shape index (κ2) is 9.31. The predicted molar refractivity (Wildman–Crippen MR) is 121 cm³/mol. The number of nitrogens with zero attached hydrogens (tertiary/aromatic N) is 2. The molecule has 1 heterocycles. The van der Waals surface area contributed by atoms with Crippen molar-refractivity contribution in [3.63, 3.8) is 0 Å². The van der Waals surface area contributed by atoms with E-state index >= 15 is 0 Å². The smallest absolute Gasteiger partial charge is 0.247 e. The van der Waals surface area contributed by atoms with Gasteiger partial charge in [0.25, 0.3) is 0 Å². The summed E-state index contributed by atoms with van der Waals surface area (Å²) in [6.07, 6.45) is 0.116. The second-order valence-electron chi connectivity index (χ2n) is 5.89. The summed E-state index contributed by atoms with van der Waals surface area (Å²) in [5, 5.41) is 4.03.